The Hall–Kier alpha value is -0.600. The summed E-state index contributed by atoms with van der Waals surface area (Å²) in [5.41, 5.74) is 1.47. The topological polar surface area (TPSA) is 9.23 Å². The van der Waals surface area contributed by atoms with Crippen molar-refractivity contribution >= 4 is 46.4 Å². The summed E-state index contributed by atoms with van der Waals surface area (Å²) < 4.78 is 5.16. The third kappa shape index (κ3) is 2.70. The van der Waals surface area contributed by atoms with Crippen molar-refractivity contribution in [3.63, 3.8) is 0 Å². The molecule has 0 radical (unpaired) electrons. The third-order valence-electron chi connectivity index (χ3n) is 2.47. The minimum atomic E-state index is 0.407. The van der Waals surface area contributed by atoms with Gasteiger partial charge in [-0.2, -0.15) is 0 Å². The number of rotatable bonds is 2. The van der Waals surface area contributed by atoms with E-state index in [9.17, 15) is 0 Å². The van der Waals surface area contributed by atoms with Gasteiger partial charge in [-0.25, -0.2) is 0 Å². The van der Waals surface area contributed by atoms with E-state index in [1.165, 1.54) is 0 Å². The number of halogens is 4. The number of hydrogen-bond donors (Lipinski definition) is 0. The zero-order chi connectivity index (χ0) is 13.3. The van der Waals surface area contributed by atoms with Crippen molar-refractivity contribution in [2.45, 2.75) is 0 Å². The van der Waals surface area contributed by atoms with Gasteiger partial charge in [0.1, 0.15) is 5.75 Å². The second-order valence-electron chi connectivity index (χ2n) is 3.59. The molecular formula is C13H8Cl4O. The van der Waals surface area contributed by atoms with E-state index in [-0.39, 0.29) is 0 Å². The van der Waals surface area contributed by atoms with Crippen LogP contribution in [0.3, 0.4) is 0 Å². The smallest absolute Gasteiger partial charge is 0.119 e. The molecule has 2 aromatic carbocycles. The number of methoxy groups -OCH3 is 1. The number of ether oxygens (including phenoxy) is 1. The monoisotopic (exact) mass is 320 g/mol. The van der Waals surface area contributed by atoms with Gasteiger partial charge in [-0.1, -0.05) is 46.4 Å². The Morgan fingerprint density at radius 1 is 0.722 bits per heavy atom. The minimum Gasteiger partial charge on any atom is -0.497 e. The van der Waals surface area contributed by atoms with E-state index in [0.29, 0.717) is 25.8 Å². The van der Waals surface area contributed by atoms with Crippen LogP contribution >= 0.6 is 46.4 Å². The Morgan fingerprint density at radius 2 is 1.33 bits per heavy atom. The molecule has 0 N–H and O–H groups in total. The molecule has 2 aromatic rings. The Kier molecular flexibility index (Phi) is 4.29. The predicted molar refractivity (Wildman–Crippen MR) is 78.5 cm³/mol. The van der Waals surface area contributed by atoms with Gasteiger partial charge in [0.05, 0.1) is 22.2 Å². The van der Waals surface area contributed by atoms with Gasteiger partial charge in [0.25, 0.3) is 0 Å². The minimum absolute atomic E-state index is 0.407. The molecule has 1 nitrogen and oxygen atoms in total. The van der Waals surface area contributed by atoms with Gasteiger partial charge in [0.2, 0.25) is 0 Å². The van der Waals surface area contributed by atoms with Gasteiger partial charge in [0.15, 0.2) is 0 Å². The molecule has 0 aromatic heterocycles. The third-order valence-corrected chi connectivity index (χ3v) is 3.84. The molecule has 0 amide bonds. The first-order valence-corrected chi connectivity index (χ1v) is 6.52. The van der Waals surface area contributed by atoms with Gasteiger partial charge >= 0.3 is 0 Å². The fourth-order valence-corrected chi connectivity index (χ4v) is 2.43. The maximum Gasteiger partial charge on any atom is 0.119 e. The normalized spacial score (nSPS) is 10.5. The molecule has 0 fully saturated rings. The van der Waals surface area contributed by atoms with E-state index in [1.54, 1.807) is 37.4 Å². The van der Waals surface area contributed by atoms with Crippen LogP contribution in [0.25, 0.3) is 11.1 Å². The molecule has 0 saturated carbocycles. The zero-order valence-corrected chi connectivity index (χ0v) is 12.3. The van der Waals surface area contributed by atoms with Crippen LogP contribution in [0.2, 0.25) is 20.1 Å². The Morgan fingerprint density at radius 3 is 2.00 bits per heavy atom. The first-order valence-electron chi connectivity index (χ1n) is 5.01. The summed E-state index contributed by atoms with van der Waals surface area (Å²) in [6.45, 7) is 0. The lowest BCUT2D eigenvalue weighted by molar-refractivity contribution is 0.415. The highest BCUT2D eigenvalue weighted by Crippen LogP contribution is 2.39. The van der Waals surface area contributed by atoms with Gasteiger partial charge < -0.3 is 4.74 Å². The highest BCUT2D eigenvalue weighted by molar-refractivity contribution is 6.44. The van der Waals surface area contributed by atoms with Crippen molar-refractivity contribution in [2.75, 3.05) is 7.11 Å². The molecule has 0 spiro atoms. The van der Waals surface area contributed by atoms with E-state index in [0.717, 1.165) is 11.1 Å². The van der Waals surface area contributed by atoms with Crippen molar-refractivity contribution in [3.05, 3.63) is 50.4 Å². The van der Waals surface area contributed by atoms with Crippen LogP contribution in [0.5, 0.6) is 5.75 Å². The van der Waals surface area contributed by atoms with E-state index >= 15 is 0 Å². The lowest BCUT2D eigenvalue weighted by Gasteiger charge is -2.10. The van der Waals surface area contributed by atoms with Crippen LogP contribution in [-0.4, -0.2) is 7.11 Å². The lowest BCUT2D eigenvalue weighted by atomic mass is 10.1. The first-order chi connectivity index (χ1) is 8.52. The highest BCUT2D eigenvalue weighted by Gasteiger charge is 2.12. The summed E-state index contributed by atoms with van der Waals surface area (Å²) >= 11 is 24.2. The van der Waals surface area contributed by atoms with Crippen LogP contribution in [-0.2, 0) is 0 Å². The summed E-state index contributed by atoms with van der Waals surface area (Å²) in [4.78, 5) is 0. The quantitative estimate of drug-likeness (QED) is 0.618. The molecule has 0 heterocycles. The molecule has 18 heavy (non-hydrogen) atoms. The molecule has 0 atom stereocenters. The Labute approximate surface area is 125 Å². The van der Waals surface area contributed by atoms with Crippen LogP contribution in [0.1, 0.15) is 0 Å². The van der Waals surface area contributed by atoms with E-state index in [2.05, 4.69) is 0 Å². The van der Waals surface area contributed by atoms with Gasteiger partial charge in [0, 0.05) is 16.1 Å². The molecule has 94 valence electrons. The Balaban J connectivity index is 2.64. The fourth-order valence-electron chi connectivity index (χ4n) is 1.57. The molecule has 5 heteroatoms. The molecular weight excluding hydrogens is 314 g/mol. The predicted octanol–water partition coefficient (Wildman–Crippen LogP) is 5.98. The van der Waals surface area contributed by atoms with Crippen LogP contribution in [0.4, 0.5) is 0 Å². The molecule has 0 saturated heterocycles. The zero-order valence-electron chi connectivity index (χ0n) is 9.31. The van der Waals surface area contributed by atoms with Crippen molar-refractivity contribution in [2.24, 2.45) is 0 Å². The van der Waals surface area contributed by atoms with Crippen molar-refractivity contribution < 1.29 is 4.74 Å². The molecule has 0 unspecified atom stereocenters. The standard InChI is InChI=1S/C13H8Cl4O/c1-18-7-2-3-10(14)8(4-7)9-5-12(16)13(17)6-11(9)15/h2-6H,1H3. The second kappa shape index (κ2) is 5.58. The average molecular weight is 322 g/mol. The second-order valence-corrected chi connectivity index (χ2v) is 5.22. The summed E-state index contributed by atoms with van der Waals surface area (Å²) in [5, 5.41) is 1.88. The molecule has 2 rings (SSSR count). The molecule has 0 aliphatic heterocycles. The van der Waals surface area contributed by atoms with Crippen LogP contribution < -0.4 is 4.74 Å². The lowest BCUT2D eigenvalue weighted by Crippen LogP contribution is -1.87. The Bertz CT molecular complexity index is 596. The summed E-state index contributed by atoms with van der Waals surface area (Å²) in [6.07, 6.45) is 0. The summed E-state index contributed by atoms with van der Waals surface area (Å²) in [5.74, 6) is 0.691. The van der Waals surface area contributed by atoms with Crippen LogP contribution in [0, 0.1) is 0 Å². The van der Waals surface area contributed by atoms with E-state index in [1.807, 2.05) is 0 Å². The van der Waals surface area contributed by atoms with Crippen LogP contribution in [0.15, 0.2) is 30.3 Å². The summed E-state index contributed by atoms with van der Waals surface area (Å²) in [6, 6.07) is 8.60. The molecule has 0 aliphatic rings. The first kappa shape index (κ1) is 13.8. The van der Waals surface area contributed by atoms with Gasteiger partial charge in [-0.3, -0.25) is 0 Å². The number of hydrogen-bond acceptors (Lipinski definition) is 1. The maximum absolute atomic E-state index is 6.16. The largest absolute Gasteiger partial charge is 0.497 e. The summed E-state index contributed by atoms with van der Waals surface area (Å²) in [7, 11) is 1.59. The SMILES string of the molecule is COc1ccc(Cl)c(-c2cc(Cl)c(Cl)cc2Cl)c1. The maximum atomic E-state index is 6.16. The van der Waals surface area contributed by atoms with E-state index < -0.39 is 0 Å². The van der Waals surface area contributed by atoms with Gasteiger partial charge in [-0.05, 0) is 30.3 Å². The van der Waals surface area contributed by atoms with E-state index in [4.69, 9.17) is 51.1 Å². The average Bonchev–Trinajstić information content (AvgIpc) is 2.35. The van der Waals surface area contributed by atoms with Crippen molar-refractivity contribution in [1.29, 1.82) is 0 Å². The molecule has 0 aliphatic carbocycles. The van der Waals surface area contributed by atoms with Crippen molar-refractivity contribution in [1.82, 2.24) is 0 Å². The molecule has 0 bridgehead atoms. The van der Waals surface area contributed by atoms with Crippen molar-refractivity contribution in [3.8, 4) is 16.9 Å². The van der Waals surface area contributed by atoms with Gasteiger partial charge in [-0.15, -0.1) is 0 Å². The highest BCUT2D eigenvalue weighted by atomic mass is 35.5. The fraction of sp³-hybridized carbons (Fsp3) is 0.0769. The number of benzene rings is 2.